The number of rotatable bonds is 5. The van der Waals surface area contributed by atoms with E-state index < -0.39 is 0 Å². The molecule has 0 aromatic heterocycles. The molecule has 0 heterocycles. The van der Waals surface area contributed by atoms with Crippen LogP contribution in [0.15, 0.2) is 16.6 Å². The molecule has 0 radical (unpaired) electrons. The van der Waals surface area contributed by atoms with Gasteiger partial charge in [0.05, 0.1) is 0 Å². The normalized spacial score (nSPS) is 12.0. The number of hydrogen-bond donors (Lipinski definition) is 1. The maximum Gasteiger partial charge on any atom is 0.0488 e. The summed E-state index contributed by atoms with van der Waals surface area (Å²) in [5, 5.41) is 3.28. The Hall–Kier alpha value is -0.630. The first-order valence-electron chi connectivity index (χ1n) is 4.98. The number of nitrogens with zero attached hydrogens (tertiary/aromatic N) is 1. The van der Waals surface area contributed by atoms with Crippen LogP contribution in [0.25, 0.3) is 0 Å². The molecule has 13 heavy (non-hydrogen) atoms. The van der Waals surface area contributed by atoms with E-state index in [1.165, 1.54) is 5.57 Å². The molecule has 0 amide bonds. The van der Waals surface area contributed by atoms with Crippen LogP contribution in [0, 0.1) is 0 Å². The largest absolute Gasteiger partial charge is 0.311 e. The molecule has 0 aliphatic rings. The zero-order valence-corrected chi connectivity index (χ0v) is 9.52. The van der Waals surface area contributed by atoms with Gasteiger partial charge in [0.15, 0.2) is 0 Å². The first-order valence-corrected chi connectivity index (χ1v) is 4.98. The average Bonchev–Trinajstić information content (AvgIpc) is 1.98. The van der Waals surface area contributed by atoms with Crippen molar-refractivity contribution in [3.8, 4) is 0 Å². The van der Waals surface area contributed by atoms with Crippen LogP contribution in [0.4, 0.5) is 0 Å². The SMILES string of the molecule is CCNC/C(C=C(C)C)=N/C(C)C. The lowest BCUT2D eigenvalue weighted by Gasteiger charge is -2.05. The highest BCUT2D eigenvalue weighted by atomic mass is 14.9. The summed E-state index contributed by atoms with van der Waals surface area (Å²) in [4.78, 5) is 4.53. The van der Waals surface area contributed by atoms with E-state index in [1.807, 2.05) is 0 Å². The van der Waals surface area contributed by atoms with Crippen molar-refractivity contribution in [1.82, 2.24) is 5.32 Å². The quantitative estimate of drug-likeness (QED) is 0.649. The van der Waals surface area contributed by atoms with Crippen LogP contribution < -0.4 is 5.32 Å². The van der Waals surface area contributed by atoms with Crippen LogP contribution in [0.1, 0.15) is 34.6 Å². The Kier molecular flexibility index (Phi) is 6.51. The fraction of sp³-hybridized carbons (Fsp3) is 0.727. The van der Waals surface area contributed by atoms with E-state index in [0.29, 0.717) is 6.04 Å². The number of nitrogens with one attached hydrogen (secondary N) is 1. The molecule has 2 nitrogen and oxygen atoms in total. The highest BCUT2D eigenvalue weighted by Crippen LogP contribution is 1.95. The summed E-state index contributed by atoms with van der Waals surface area (Å²) in [6, 6.07) is 0.379. The van der Waals surface area contributed by atoms with Crippen molar-refractivity contribution >= 4 is 5.71 Å². The van der Waals surface area contributed by atoms with Gasteiger partial charge in [0, 0.05) is 18.3 Å². The molecule has 0 rings (SSSR count). The Balaban J connectivity index is 4.28. The molecular formula is C11H22N2. The molecule has 0 spiro atoms. The Labute approximate surface area is 82.1 Å². The molecular weight excluding hydrogens is 160 g/mol. The molecule has 0 saturated heterocycles. The van der Waals surface area contributed by atoms with E-state index in [2.05, 4.69) is 51.0 Å². The molecule has 0 saturated carbocycles. The standard InChI is InChI=1S/C11H22N2/c1-6-12-8-11(7-9(2)3)13-10(4)5/h7,10,12H,6,8H2,1-5H3/b13-11+. The summed E-state index contributed by atoms with van der Waals surface area (Å²) in [6.07, 6.45) is 2.14. The zero-order valence-electron chi connectivity index (χ0n) is 9.52. The van der Waals surface area contributed by atoms with Crippen LogP contribution in [0.5, 0.6) is 0 Å². The molecule has 0 aromatic rings. The van der Waals surface area contributed by atoms with Gasteiger partial charge in [-0.05, 0) is 40.3 Å². The minimum atomic E-state index is 0.379. The third-order valence-corrected chi connectivity index (χ3v) is 1.44. The van der Waals surface area contributed by atoms with Gasteiger partial charge in [0.25, 0.3) is 0 Å². The van der Waals surface area contributed by atoms with Crippen molar-refractivity contribution in [2.24, 2.45) is 4.99 Å². The summed E-state index contributed by atoms with van der Waals surface area (Å²) in [6.45, 7) is 12.4. The topological polar surface area (TPSA) is 24.4 Å². The minimum absolute atomic E-state index is 0.379. The van der Waals surface area contributed by atoms with E-state index in [1.54, 1.807) is 0 Å². The maximum absolute atomic E-state index is 4.53. The summed E-state index contributed by atoms with van der Waals surface area (Å²) < 4.78 is 0. The Bertz CT molecular complexity index is 186. The molecule has 0 unspecified atom stereocenters. The lowest BCUT2D eigenvalue weighted by atomic mass is 10.2. The number of allylic oxidation sites excluding steroid dienone is 1. The van der Waals surface area contributed by atoms with E-state index in [-0.39, 0.29) is 0 Å². The lowest BCUT2D eigenvalue weighted by molar-refractivity contribution is 0.793. The molecule has 0 atom stereocenters. The highest BCUT2D eigenvalue weighted by Gasteiger charge is 1.96. The maximum atomic E-state index is 4.53. The highest BCUT2D eigenvalue weighted by molar-refractivity contribution is 5.97. The second-order valence-electron chi connectivity index (χ2n) is 3.72. The van der Waals surface area contributed by atoms with Gasteiger partial charge in [-0.2, -0.15) is 0 Å². The third-order valence-electron chi connectivity index (χ3n) is 1.44. The van der Waals surface area contributed by atoms with Gasteiger partial charge in [-0.3, -0.25) is 4.99 Å². The second-order valence-corrected chi connectivity index (χ2v) is 3.72. The molecule has 76 valence electrons. The molecule has 0 aliphatic heterocycles. The third kappa shape index (κ3) is 7.72. The average molecular weight is 182 g/mol. The van der Waals surface area contributed by atoms with Crippen LogP contribution in [0.3, 0.4) is 0 Å². The summed E-state index contributed by atoms with van der Waals surface area (Å²) in [5.41, 5.74) is 2.45. The zero-order chi connectivity index (χ0) is 10.3. The Morgan fingerprint density at radius 2 is 2.00 bits per heavy atom. The molecule has 0 fully saturated rings. The fourth-order valence-electron chi connectivity index (χ4n) is 1.05. The van der Waals surface area contributed by atoms with Crippen LogP contribution >= 0.6 is 0 Å². The van der Waals surface area contributed by atoms with Crippen LogP contribution in [-0.4, -0.2) is 24.8 Å². The fourth-order valence-corrected chi connectivity index (χ4v) is 1.05. The van der Waals surface area contributed by atoms with Crippen molar-refractivity contribution in [3.63, 3.8) is 0 Å². The summed E-state index contributed by atoms with van der Waals surface area (Å²) in [5.74, 6) is 0. The monoisotopic (exact) mass is 182 g/mol. The second kappa shape index (κ2) is 6.84. The van der Waals surface area contributed by atoms with Crippen molar-refractivity contribution in [3.05, 3.63) is 11.6 Å². The predicted molar refractivity (Wildman–Crippen MR) is 60.5 cm³/mol. The van der Waals surface area contributed by atoms with Crippen molar-refractivity contribution in [2.75, 3.05) is 13.1 Å². The molecule has 2 heteroatoms. The van der Waals surface area contributed by atoms with Gasteiger partial charge < -0.3 is 5.32 Å². The van der Waals surface area contributed by atoms with Crippen molar-refractivity contribution in [1.29, 1.82) is 0 Å². The van der Waals surface area contributed by atoms with E-state index >= 15 is 0 Å². The number of aliphatic imine (C=N–C) groups is 1. The van der Waals surface area contributed by atoms with E-state index in [4.69, 9.17) is 0 Å². The lowest BCUT2D eigenvalue weighted by Crippen LogP contribution is -2.22. The van der Waals surface area contributed by atoms with Crippen LogP contribution in [-0.2, 0) is 0 Å². The van der Waals surface area contributed by atoms with Gasteiger partial charge in [-0.25, -0.2) is 0 Å². The van der Waals surface area contributed by atoms with Gasteiger partial charge in [0.2, 0.25) is 0 Å². The summed E-state index contributed by atoms with van der Waals surface area (Å²) >= 11 is 0. The van der Waals surface area contributed by atoms with Crippen LogP contribution in [0.2, 0.25) is 0 Å². The van der Waals surface area contributed by atoms with Gasteiger partial charge in [0.1, 0.15) is 0 Å². The molecule has 0 aromatic carbocycles. The smallest absolute Gasteiger partial charge is 0.0488 e. The van der Waals surface area contributed by atoms with Crippen molar-refractivity contribution in [2.45, 2.75) is 40.7 Å². The first kappa shape index (κ1) is 12.4. The molecule has 1 N–H and O–H groups in total. The van der Waals surface area contributed by atoms with Gasteiger partial charge in [-0.1, -0.05) is 12.5 Å². The van der Waals surface area contributed by atoms with Gasteiger partial charge in [-0.15, -0.1) is 0 Å². The van der Waals surface area contributed by atoms with E-state index in [0.717, 1.165) is 18.8 Å². The molecule has 0 aliphatic carbocycles. The Morgan fingerprint density at radius 3 is 2.38 bits per heavy atom. The molecule has 0 bridgehead atoms. The van der Waals surface area contributed by atoms with Crippen molar-refractivity contribution < 1.29 is 0 Å². The number of hydrogen-bond acceptors (Lipinski definition) is 2. The van der Waals surface area contributed by atoms with E-state index in [9.17, 15) is 0 Å². The Morgan fingerprint density at radius 1 is 1.38 bits per heavy atom. The predicted octanol–water partition coefficient (Wildman–Crippen LogP) is 2.41. The van der Waals surface area contributed by atoms with Gasteiger partial charge >= 0.3 is 0 Å². The minimum Gasteiger partial charge on any atom is -0.311 e. The first-order chi connectivity index (χ1) is 6.06. The summed E-state index contributed by atoms with van der Waals surface area (Å²) in [7, 11) is 0.